The molecule has 1 aromatic carbocycles. The van der Waals surface area contributed by atoms with E-state index in [-0.39, 0.29) is 5.82 Å². The van der Waals surface area contributed by atoms with Crippen LogP contribution in [0, 0.1) is 11.2 Å². The third-order valence-corrected chi connectivity index (χ3v) is 5.36. The molecule has 1 unspecified atom stereocenters. The number of hydrogen-bond acceptors (Lipinski definition) is 2. The van der Waals surface area contributed by atoms with Crippen LogP contribution >= 0.6 is 0 Å². The number of nitrogens with zero attached hydrogens (tertiary/aromatic N) is 1. The van der Waals surface area contributed by atoms with Gasteiger partial charge in [0, 0.05) is 11.6 Å². The molecule has 1 fully saturated rings. The van der Waals surface area contributed by atoms with E-state index in [0.717, 1.165) is 54.1 Å². The zero-order valence-electron chi connectivity index (χ0n) is 12.8. The van der Waals surface area contributed by atoms with Crippen LogP contribution in [0.2, 0.25) is 0 Å². The van der Waals surface area contributed by atoms with Crippen molar-refractivity contribution in [2.24, 2.45) is 5.41 Å². The minimum Gasteiger partial charge on any atom is -0.481 e. The van der Waals surface area contributed by atoms with E-state index in [1.807, 2.05) is 6.07 Å². The molecular formula is C19H18FNO2. The van der Waals surface area contributed by atoms with E-state index in [4.69, 9.17) is 0 Å². The molecule has 4 rings (SSSR count). The van der Waals surface area contributed by atoms with Crippen LogP contribution in [0.4, 0.5) is 4.39 Å². The average Bonchev–Trinajstić information content (AvgIpc) is 3.36. The average molecular weight is 311 g/mol. The Hall–Kier alpha value is -2.23. The number of halogens is 1. The van der Waals surface area contributed by atoms with Gasteiger partial charge in [-0.15, -0.1) is 0 Å². The summed E-state index contributed by atoms with van der Waals surface area (Å²) in [6, 6.07) is 6.66. The second-order valence-electron chi connectivity index (χ2n) is 6.65. The molecule has 0 spiro atoms. The van der Waals surface area contributed by atoms with Crippen LogP contribution in [-0.2, 0) is 4.79 Å². The van der Waals surface area contributed by atoms with Gasteiger partial charge in [0.2, 0.25) is 0 Å². The number of pyridine rings is 1. The van der Waals surface area contributed by atoms with Gasteiger partial charge in [0.25, 0.3) is 0 Å². The van der Waals surface area contributed by atoms with Crippen molar-refractivity contribution in [2.45, 2.75) is 38.0 Å². The van der Waals surface area contributed by atoms with Crippen LogP contribution in [0.15, 0.2) is 42.1 Å². The number of hydrogen-bond donors (Lipinski definition) is 1. The zero-order valence-corrected chi connectivity index (χ0v) is 12.8. The van der Waals surface area contributed by atoms with Crippen LogP contribution in [0.5, 0.6) is 0 Å². The largest absolute Gasteiger partial charge is 0.481 e. The fourth-order valence-corrected chi connectivity index (χ4v) is 3.84. The van der Waals surface area contributed by atoms with Gasteiger partial charge in [0.05, 0.1) is 10.9 Å². The minimum atomic E-state index is -0.682. The summed E-state index contributed by atoms with van der Waals surface area (Å²) in [4.78, 5) is 15.8. The molecule has 1 aromatic heterocycles. The molecule has 1 N–H and O–H groups in total. The Morgan fingerprint density at radius 1 is 1.30 bits per heavy atom. The number of carboxylic acids is 1. The SMILES string of the molecule is O=C(O)C1(C2=CCC(c3ccnc4ccc(F)cc34)CC2)CC1. The number of aliphatic carboxylic acids is 1. The second-order valence-corrected chi connectivity index (χ2v) is 6.65. The first-order valence-electron chi connectivity index (χ1n) is 8.07. The van der Waals surface area contributed by atoms with Gasteiger partial charge in [0.1, 0.15) is 5.82 Å². The number of fused-ring (bicyclic) bond motifs is 1. The molecule has 0 radical (unpaired) electrons. The van der Waals surface area contributed by atoms with Gasteiger partial charge in [-0.05, 0) is 67.9 Å². The Labute approximate surface area is 133 Å². The van der Waals surface area contributed by atoms with E-state index < -0.39 is 11.4 Å². The maximum Gasteiger partial charge on any atom is 0.313 e. The fourth-order valence-electron chi connectivity index (χ4n) is 3.84. The van der Waals surface area contributed by atoms with E-state index in [1.54, 1.807) is 18.3 Å². The smallest absolute Gasteiger partial charge is 0.313 e. The van der Waals surface area contributed by atoms with Gasteiger partial charge in [-0.3, -0.25) is 9.78 Å². The molecule has 2 aliphatic rings. The highest BCUT2D eigenvalue weighted by Gasteiger charge is 2.53. The number of rotatable bonds is 3. The predicted molar refractivity (Wildman–Crippen MR) is 85.7 cm³/mol. The highest BCUT2D eigenvalue weighted by Crippen LogP contribution is 2.55. The van der Waals surface area contributed by atoms with Crippen molar-refractivity contribution in [3.05, 3.63) is 53.5 Å². The maximum absolute atomic E-state index is 13.6. The molecule has 1 atom stereocenters. The van der Waals surface area contributed by atoms with E-state index in [9.17, 15) is 14.3 Å². The first-order valence-corrected chi connectivity index (χ1v) is 8.07. The molecule has 118 valence electrons. The quantitative estimate of drug-likeness (QED) is 0.853. The van der Waals surface area contributed by atoms with Gasteiger partial charge < -0.3 is 5.11 Å². The number of carbonyl (C=O) groups is 1. The Morgan fingerprint density at radius 3 is 2.78 bits per heavy atom. The Bertz CT molecular complexity index is 823. The summed E-state index contributed by atoms with van der Waals surface area (Å²) < 4.78 is 13.6. The van der Waals surface area contributed by atoms with E-state index in [1.165, 1.54) is 6.07 Å². The molecule has 0 aliphatic heterocycles. The monoisotopic (exact) mass is 311 g/mol. The highest BCUT2D eigenvalue weighted by atomic mass is 19.1. The third kappa shape index (κ3) is 2.33. The van der Waals surface area contributed by atoms with Gasteiger partial charge in [-0.25, -0.2) is 4.39 Å². The highest BCUT2D eigenvalue weighted by molar-refractivity contribution is 5.83. The van der Waals surface area contributed by atoms with Gasteiger partial charge in [-0.1, -0.05) is 11.6 Å². The van der Waals surface area contributed by atoms with Crippen LogP contribution < -0.4 is 0 Å². The van der Waals surface area contributed by atoms with E-state index in [2.05, 4.69) is 11.1 Å². The Morgan fingerprint density at radius 2 is 2.13 bits per heavy atom. The number of benzene rings is 1. The van der Waals surface area contributed by atoms with Crippen LogP contribution in [-0.4, -0.2) is 16.1 Å². The fraction of sp³-hybridized carbons (Fsp3) is 0.368. The van der Waals surface area contributed by atoms with Gasteiger partial charge >= 0.3 is 5.97 Å². The first kappa shape index (κ1) is 14.4. The molecule has 23 heavy (non-hydrogen) atoms. The lowest BCUT2D eigenvalue weighted by Gasteiger charge is -2.26. The number of aromatic nitrogens is 1. The summed E-state index contributed by atoms with van der Waals surface area (Å²) in [7, 11) is 0. The number of allylic oxidation sites excluding steroid dienone is 1. The molecule has 1 heterocycles. The molecule has 0 amide bonds. The lowest BCUT2D eigenvalue weighted by molar-refractivity contribution is -0.141. The molecule has 3 nitrogen and oxygen atoms in total. The predicted octanol–water partition coefficient (Wildman–Crippen LogP) is 4.43. The Kier molecular flexibility index (Phi) is 3.22. The topological polar surface area (TPSA) is 50.2 Å². The summed E-state index contributed by atoms with van der Waals surface area (Å²) in [5.74, 6) is -0.629. The molecular weight excluding hydrogens is 293 g/mol. The zero-order chi connectivity index (χ0) is 16.0. The third-order valence-electron chi connectivity index (χ3n) is 5.36. The van der Waals surface area contributed by atoms with Crippen molar-refractivity contribution in [1.82, 2.24) is 4.98 Å². The van der Waals surface area contributed by atoms with Crippen molar-refractivity contribution in [1.29, 1.82) is 0 Å². The summed E-state index contributed by atoms with van der Waals surface area (Å²) >= 11 is 0. The van der Waals surface area contributed by atoms with Crippen molar-refractivity contribution in [3.8, 4) is 0 Å². The molecule has 1 saturated carbocycles. The Balaban J connectivity index is 1.65. The van der Waals surface area contributed by atoms with Crippen molar-refractivity contribution >= 4 is 16.9 Å². The second kappa shape index (κ2) is 5.15. The van der Waals surface area contributed by atoms with Gasteiger partial charge in [-0.2, -0.15) is 0 Å². The molecule has 0 bridgehead atoms. The number of carboxylic acid groups (broad SMARTS) is 1. The lowest BCUT2D eigenvalue weighted by atomic mass is 9.79. The standard InChI is InChI=1S/C19H18FNO2/c20-14-5-6-17-16(11-14)15(7-10-21-17)12-1-3-13(4-2-12)19(8-9-19)18(22)23/h3,5-7,10-12H,1-2,4,8-9H2,(H,22,23). The first-order chi connectivity index (χ1) is 11.1. The van der Waals surface area contributed by atoms with Gasteiger partial charge in [0.15, 0.2) is 0 Å². The maximum atomic E-state index is 13.6. The molecule has 2 aliphatic carbocycles. The summed E-state index contributed by atoms with van der Waals surface area (Å²) in [6.07, 6.45) is 7.96. The molecule has 0 saturated heterocycles. The van der Waals surface area contributed by atoms with Crippen molar-refractivity contribution < 1.29 is 14.3 Å². The van der Waals surface area contributed by atoms with E-state index >= 15 is 0 Å². The van der Waals surface area contributed by atoms with Crippen molar-refractivity contribution in [3.63, 3.8) is 0 Å². The molecule has 2 aromatic rings. The van der Waals surface area contributed by atoms with Crippen LogP contribution in [0.25, 0.3) is 10.9 Å². The lowest BCUT2D eigenvalue weighted by Crippen LogP contribution is -2.20. The van der Waals surface area contributed by atoms with Crippen LogP contribution in [0.3, 0.4) is 0 Å². The summed E-state index contributed by atoms with van der Waals surface area (Å²) in [6.45, 7) is 0. The van der Waals surface area contributed by atoms with Crippen molar-refractivity contribution in [2.75, 3.05) is 0 Å². The normalized spacial score (nSPS) is 22.7. The van der Waals surface area contributed by atoms with Crippen LogP contribution in [0.1, 0.15) is 43.6 Å². The minimum absolute atomic E-state index is 0.249. The molecule has 4 heteroatoms. The van der Waals surface area contributed by atoms with E-state index in [0.29, 0.717) is 5.92 Å². The summed E-state index contributed by atoms with van der Waals surface area (Å²) in [5.41, 5.74) is 2.44. The summed E-state index contributed by atoms with van der Waals surface area (Å²) in [5, 5.41) is 10.3.